The van der Waals surface area contributed by atoms with Crippen LogP contribution in [0.3, 0.4) is 0 Å². The highest BCUT2D eigenvalue weighted by Crippen LogP contribution is 2.29. The molecule has 0 aliphatic carbocycles. The topological polar surface area (TPSA) is 86.8 Å². The highest BCUT2D eigenvalue weighted by Gasteiger charge is 2.31. The predicted octanol–water partition coefficient (Wildman–Crippen LogP) is 2.68. The zero-order chi connectivity index (χ0) is 21.9. The van der Waals surface area contributed by atoms with Crippen LogP contribution in [0.2, 0.25) is 5.02 Å². The van der Waals surface area contributed by atoms with E-state index >= 15 is 0 Å². The van der Waals surface area contributed by atoms with E-state index in [1.807, 2.05) is 0 Å². The largest absolute Gasteiger partial charge is 0.346 e. The van der Waals surface area contributed by atoms with E-state index < -0.39 is 15.9 Å². The summed E-state index contributed by atoms with van der Waals surface area (Å²) in [6.07, 6.45) is 1.48. The zero-order valence-electron chi connectivity index (χ0n) is 16.4. The lowest BCUT2D eigenvalue weighted by molar-refractivity contribution is -0.133. The third-order valence-corrected chi connectivity index (χ3v) is 7.04. The van der Waals surface area contributed by atoms with Gasteiger partial charge >= 0.3 is 0 Å². The molecule has 158 valence electrons. The average Bonchev–Trinajstić information content (AvgIpc) is 2.68. The first kappa shape index (κ1) is 21.9. The number of nitrogens with zero attached hydrogens (tertiary/aromatic N) is 2. The molecule has 3 rings (SSSR count). The van der Waals surface area contributed by atoms with Crippen molar-refractivity contribution in [2.75, 3.05) is 23.9 Å². The van der Waals surface area contributed by atoms with Gasteiger partial charge in [-0.05, 0) is 30.3 Å². The fourth-order valence-corrected chi connectivity index (χ4v) is 5.05. The number of nitrogens with one attached hydrogen (secondary N) is 1. The van der Waals surface area contributed by atoms with Gasteiger partial charge in [0, 0.05) is 25.6 Å². The molecule has 0 aromatic heterocycles. The van der Waals surface area contributed by atoms with E-state index in [1.54, 1.807) is 35.2 Å². The second kappa shape index (κ2) is 8.89. The monoisotopic (exact) mass is 447 g/mol. The second-order valence-electron chi connectivity index (χ2n) is 6.90. The van der Waals surface area contributed by atoms with Gasteiger partial charge in [0.25, 0.3) is 15.9 Å². The normalized spacial score (nSPS) is 14.0. The molecule has 7 nitrogen and oxygen atoms in total. The number of rotatable bonds is 7. The summed E-state index contributed by atoms with van der Waals surface area (Å²) in [7, 11) is -4.05. The van der Waals surface area contributed by atoms with Crippen LogP contribution in [0, 0.1) is 0 Å². The summed E-state index contributed by atoms with van der Waals surface area (Å²) < 4.78 is 27.9. The molecule has 0 bridgehead atoms. The van der Waals surface area contributed by atoms with Gasteiger partial charge in [-0.25, -0.2) is 8.42 Å². The van der Waals surface area contributed by atoms with Gasteiger partial charge in [0.05, 0.1) is 23.3 Å². The highest BCUT2D eigenvalue weighted by atomic mass is 35.5. The van der Waals surface area contributed by atoms with Gasteiger partial charge in [0.15, 0.2) is 0 Å². The van der Waals surface area contributed by atoms with Crippen LogP contribution in [-0.2, 0) is 14.8 Å². The summed E-state index contributed by atoms with van der Waals surface area (Å²) in [5.41, 5.74) is 0.632. The number of hydrogen-bond donors (Lipinski definition) is 1. The van der Waals surface area contributed by atoms with Crippen molar-refractivity contribution in [3.05, 3.63) is 71.8 Å². The Morgan fingerprint density at radius 2 is 1.90 bits per heavy atom. The summed E-state index contributed by atoms with van der Waals surface area (Å²) in [4.78, 5) is 25.3. The van der Waals surface area contributed by atoms with Crippen molar-refractivity contribution in [3.8, 4) is 0 Å². The van der Waals surface area contributed by atoms with Gasteiger partial charge in [-0.3, -0.25) is 13.9 Å². The molecule has 0 radical (unpaired) electrons. The summed E-state index contributed by atoms with van der Waals surface area (Å²) in [6, 6.07) is 12.6. The van der Waals surface area contributed by atoms with Gasteiger partial charge < -0.3 is 10.2 Å². The lowest BCUT2D eigenvalue weighted by atomic mass is 10.1. The lowest BCUT2D eigenvalue weighted by Gasteiger charge is -2.38. The second-order valence-corrected chi connectivity index (χ2v) is 9.14. The molecule has 2 aromatic carbocycles. The number of hydrogen-bond acceptors (Lipinski definition) is 4. The van der Waals surface area contributed by atoms with E-state index in [4.69, 9.17) is 11.6 Å². The molecule has 2 aromatic rings. The van der Waals surface area contributed by atoms with Crippen molar-refractivity contribution in [3.63, 3.8) is 0 Å². The number of sulfonamides is 1. The number of carbonyl (C=O) groups excluding carboxylic acids is 2. The summed E-state index contributed by atoms with van der Waals surface area (Å²) >= 11 is 6.21. The van der Waals surface area contributed by atoms with Crippen LogP contribution in [-0.4, -0.2) is 50.8 Å². The Balaban J connectivity index is 1.87. The molecule has 0 saturated carbocycles. The van der Waals surface area contributed by atoms with Gasteiger partial charge in [-0.15, -0.1) is 6.58 Å². The molecule has 0 unspecified atom stereocenters. The minimum atomic E-state index is -4.05. The van der Waals surface area contributed by atoms with Gasteiger partial charge in [-0.1, -0.05) is 35.9 Å². The van der Waals surface area contributed by atoms with Gasteiger partial charge in [-0.2, -0.15) is 0 Å². The van der Waals surface area contributed by atoms with Crippen LogP contribution in [0.15, 0.2) is 66.1 Å². The Labute approximate surface area is 181 Å². The first-order chi connectivity index (χ1) is 14.2. The van der Waals surface area contributed by atoms with Crippen LogP contribution < -0.4 is 9.62 Å². The summed E-state index contributed by atoms with van der Waals surface area (Å²) in [6.45, 7) is 6.01. The number of likely N-dealkylation sites (tertiary alicyclic amines) is 1. The van der Waals surface area contributed by atoms with Crippen molar-refractivity contribution < 1.29 is 18.0 Å². The fourth-order valence-electron chi connectivity index (χ4n) is 3.11. The maximum Gasteiger partial charge on any atom is 0.266 e. The third kappa shape index (κ3) is 4.49. The molecule has 1 N–H and O–H groups in total. The van der Waals surface area contributed by atoms with Gasteiger partial charge in [0.1, 0.15) is 4.90 Å². The van der Waals surface area contributed by atoms with E-state index in [0.29, 0.717) is 18.8 Å². The zero-order valence-corrected chi connectivity index (χ0v) is 18.0. The molecular weight excluding hydrogens is 426 g/mol. The van der Waals surface area contributed by atoms with E-state index in [1.165, 1.54) is 35.5 Å². The molecule has 30 heavy (non-hydrogen) atoms. The Hall–Kier alpha value is -2.84. The fraction of sp³-hybridized carbons (Fsp3) is 0.238. The number of halogens is 1. The standard InChI is InChI=1S/C21H22ClN3O4S/c1-3-11-25(18-7-5-4-6-8-18)30(28,29)20-12-16(9-10-19(20)22)21(27)23-17-13-24(14-17)15(2)26/h3-10,12,17H,1,11,13-14H2,2H3,(H,23,27). The van der Waals surface area contributed by atoms with Crippen molar-refractivity contribution in [1.82, 2.24) is 10.2 Å². The van der Waals surface area contributed by atoms with Crippen LogP contribution in [0.5, 0.6) is 0 Å². The van der Waals surface area contributed by atoms with E-state index in [-0.39, 0.29) is 34.0 Å². The first-order valence-electron chi connectivity index (χ1n) is 9.28. The number of para-hydroxylation sites is 1. The van der Waals surface area contributed by atoms with Crippen LogP contribution in [0.4, 0.5) is 5.69 Å². The molecule has 1 aliphatic rings. The van der Waals surface area contributed by atoms with Crippen LogP contribution in [0.1, 0.15) is 17.3 Å². The number of amides is 2. The van der Waals surface area contributed by atoms with E-state index in [0.717, 1.165) is 0 Å². The molecule has 1 fully saturated rings. The quantitative estimate of drug-likeness (QED) is 0.661. The molecule has 1 saturated heterocycles. The molecular formula is C21H22ClN3O4S. The molecule has 0 spiro atoms. The number of anilines is 1. The van der Waals surface area contributed by atoms with Crippen molar-refractivity contribution in [1.29, 1.82) is 0 Å². The van der Waals surface area contributed by atoms with Crippen molar-refractivity contribution >= 4 is 39.1 Å². The summed E-state index contributed by atoms with van der Waals surface area (Å²) in [5, 5.41) is 2.82. The lowest BCUT2D eigenvalue weighted by Crippen LogP contribution is -2.60. The maximum atomic E-state index is 13.3. The van der Waals surface area contributed by atoms with Crippen LogP contribution in [0.25, 0.3) is 0 Å². The first-order valence-corrected chi connectivity index (χ1v) is 11.1. The minimum Gasteiger partial charge on any atom is -0.346 e. The average molecular weight is 448 g/mol. The molecule has 9 heteroatoms. The Bertz CT molecular complexity index is 1070. The van der Waals surface area contributed by atoms with E-state index in [2.05, 4.69) is 11.9 Å². The van der Waals surface area contributed by atoms with E-state index in [9.17, 15) is 18.0 Å². The maximum absolute atomic E-state index is 13.3. The Morgan fingerprint density at radius 1 is 1.23 bits per heavy atom. The predicted molar refractivity (Wildman–Crippen MR) is 116 cm³/mol. The molecule has 2 amide bonds. The Kier molecular flexibility index (Phi) is 6.48. The molecule has 1 aliphatic heterocycles. The SMILES string of the molecule is C=CCN(c1ccccc1)S(=O)(=O)c1cc(C(=O)NC2CN(C(C)=O)C2)ccc1Cl. The molecule has 1 heterocycles. The highest BCUT2D eigenvalue weighted by molar-refractivity contribution is 7.93. The smallest absolute Gasteiger partial charge is 0.266 e. The van der Waals surface area contributed by atoms with Crippen molar-refractivity contribution in [2.45, 2.75) is 17.9 Å². The van der Waals surface area contributed by atoms with Crippen molar-refractivity contribution in [2.24, 2.45) is 0 Å². The number of carbonyl (C=O) groups is 2. The summed E-state index contributed by atoms with van der Waals surface area (Å²) in [5.74, 6) is -0.477. The Morgan fingerprint density at radius 3 is 2.50 bits per heavy atom. The number of benzene rings is 2. The van der Waals surface area contributed by atoms with Gasteiger partial charge in [0.2, 0.25) is 5.91 Å². The third-order valence-electron chi connectivity index (χ3n) is 4.76. The molecule has 0 atom stereocenters. The van der Waals surface area contributed by atoms with Crippen LogP contribution >= 0.6 is 11.6 Å². The minimum absolute atomic E-state index is 0.0166.